The number of carbonyl (C=O) groups excluding carboxylic acids is 3. The second-order valence-electron chi connectivity index (χ2n) is 10.4. The molecular weight excluding hydrogens is 458 g/mol. The molecule has 3 amide bonds. The summed E-state index contributed by atoms with van der Waals surface area (Å²) in [6, 6.07) is 4.98. The molecular formula is C28H35N3O5. The second-order valence-corrected chi connectivity index (χ2v) is 10.4. The summed E-state index contributed by atoms with van der Waals surface area (Å²) >= 11 is 0. The van der Waals surface area contributed by atoms with Gasteiger partial charge in [0.1, 0.15) is 11.6 Å². The van der Waals surface area contributed by atoms with Crippen molar-refractivity contribution in [3.63, 3.8) is 0 Å². The van der Waals surface area contributed by atoms with Crippen molar-refractivity contribution in [2.24, 2.45) is 11.8 Å². The Morgan fingerprint density at radius 3 is 2.36 bits per heavy atom. The fraction of sp³-hybridized carbons (Fsp3) is 0.536. The number of anilines is 1. The van der Waals surface area contributed by atoms with Gasteiger partial charge in [-0.2, -0.15) is 0 Å². The largest absolute Gasteiger partial charge is 0.396 e. The van der Waals surface area contributed by atoms with Crippen LogP contribution in [-0.4, -0.2) is 83.2 Å². The van der Waals surface area contributed by atoms with E-state index in [1.807, 2.05) is 63.3 Å². The van der Waals surface area contributed by atoms with Gasteiger partial charge in [0.05, 0.1) is 17.4 Å². The topological polar surface area (TPSA) is 90.4 Å². The van der Waals surface area contributed by atoms with Crippen LogP contribution >= 0.6 is 0 Å². The van der Waals surface area contributed by atoms with Crippen molar-refractivity contribution in [2.45, 2.75) is 50.9 Å². The SMILES string of the molecule is CC[C@]12C=CCN(C)C(=O)[C@H]1[C@H]1C(=O)N(CCCO)C3C(=O)N(c4c(C)cccc4C)CC=C[C@@]31O2. The number of nitrogens with zero attached hydrogens (tertiary/aromatic N) is 3. The number of aliphatic hydroxyl groups is 1. The number of carbonyl (C=O) groups is 3. The molecule has 8 heteroatoms. The summed E-state index contributed by atoms with van der Waals surface area (Å²) in [4.78, 5) is 47.2. The van der Waals surface area contributed by atoms with Crippen molar-refractivity contribution in [1.82, 2.24) is 9.80 Å². The minimum absolute atomic E-state index is 0.105. The van der Waals surface area contributed by atoms with Crippen molar-refractivity contribution in [3.8, 4) is 0 Å². The van der Waals surface area contributed by atoms with Gasteiger partial charge in [-0.1, -0.05) is 49.4 Å². The number of ether oxygens (including phenoxy) is 1. The highest BCUT2D eigenvalue weighted by atomic mass is 16.5. The lowest BCUT2D eigenvalue weighted by molar-refractivity contribution is -0.149. The zero-order valence-electron chi connectivity index (χ0n) is 21.4. The van der Waals surface area contributed by atoms with Crippen LogP contribution in [0.3, 0.4) is 0 Å². The fourth-order valence-corrected chi connectivity index (χ4v) is 6.79. The number of benzene rings is 1. The van der Waals surface area contributed by atoms with Gasteiger partial charge in [0.15, 0.2) is 0 Å². The minimum atomic E-state index is -1.27. The maximum absolute atomic E-state index is 14.4. The number of hydrogen-bond donors (Lipinski definition) is 1. The molecule has 0 aromatic heterocycles. The summed E-state index contributed by atoms with van der Waals surface area (Å²) in [6.07, 6.45) is 8.48. The van der Waals surface area contributed by atoms with E-state index < -0.39 is 29.1 Å². The van der Waals surface area contributed by atoms with Gasteiger partial charge in [-0.15, -0.1) is 0 Å². The molecule has 4 heterocycles. The van der Waals surface area contributed by atoms with Gasteiger partial charge in [-0.25, -0.2) is 0 Å². The Morgan fingerprint density at radius 1 is 1.00 bits per heavy atom. The first-order valence-electron chi connectivity index (χ1n) is 12.8. The molecule has 2 saturated heterocycles. The number of aliphatic hydroxyl groups excluding tert-OH is 1. The molecule has 1 aromatic carbocycles. The molecule has 8 nitrogen and oxygen atoms in total. The zero-order valence-corrected chi connectivity index (χ0v) is 21.4. The van der Waals surface area contributed by atoms with E-state index in [0.29, 0.717) is 25.9 Å². The molecule has 0 saturated carbocycles. The molecule has 36 heavy (non-hydrogen) atoms. The standard InChI is InChI=1S/C28H35N3O5/c1-5-27-12-7-14-29(4)24(33)20(27)21-25(34)31(16-9-17-32)23-26(35)30(15-8-13-28(21,23)36-27)22-18(2)10-6-11-19(22)3/h6-8,10-13,20-21,23,32H,5,9,14-17H2,1-4H3/t20-,21+,23?,27+,28+/m1/s1. The van der Waals surface area contributed by atoms with E-state index in [1.54, 1.807) is 21.7 Å². The smallest absolute Gasteiger partial charge is 0.253 e. The highest BCUT2D eigenvalue weighted by Gasteiger charge is 2.75. The van der Waals surface area contributed by atoms with Crippen molar-refractivity contribution in [3.05, 3.63) is 53.6 Å². The maximum atomic E-state index is 14.4. The van der Waals surface area contributed by atoms with Crippen LogP contribution in [0.2, 0.25) is 0 Å². The molecule has 192 valence electrons. The van der Waals surface area contributed by atoms with Gasteiger partial charge in [0.2, 0.25) is 11.8 Å². The number of likely N-dealkylation sites (N-methyl/N-ethyl adjacent to an activating group) is 1. The van der Waals surface area contributed by atoms with E-state index in [4.69, 9.17) is 4.74 Å². The zero-order chi connectivity index (χ0) is 25.8. The molecule has 5 rings (SSSR count). The molecule has 4 aliphatic heterocycles. The minimum Gasteiger partial charge on any atom is -0.396 e. The van der Waals surface area contributed by atoms with Crippen molar-refractivity contribution >= 4 is 23.4 Å². The van der Waals surface area contributed by atoms with Crippen LogP contribution in [0.5, 0.6) is 0 Å². The number of rotatable bonds is 5. The lowest BCUT2D eigenvalue weighted by Gasteiger charge is -2.38. The molecule has 5 atom stereocenters. The summed E-state index contributed by atoms with van der Waals surface area (Å²) in [5.74, 6) is -2.18. The molecule has 1 N–H and O–H groups in total. The van der Waals surface area contributed by atoms with Gasteiger partial charge in [-0.05, 0) is 37.8 Å². The van der Waals surface area contributed by atoms with Gasteiger partial charge in [0, 0.05) is 39.0 Å². The fourth-order valence-electron chi connectivity index (χ4n) is 6.79. The van der Waals surface area contributed by atoms with Crippen molar-refractivity contribution < 1.29 is 24.2 Å². The molecule has 2 fully saturated rings. The number of para-hydroxylation sites is 1. The first-order chi connectivity index (χ1) is 17.2. The van der Waals surface area contributed by atoms with E-state index in [-0.39, 0.29) is 30.9 Å². The summed E-state index contributed by atoms with van der Waals surface area (Å²) in [7, 11) is 1.74. The summed E-state index contributed by atoms with van der Waals surface area (Å²) in [5.41, 5.74) is 0.529. The molecule has 1 spiro atoms. The summed E-state index contributed by atoms with van der Waals surface area (Å²) in [5, 5.41) is 9.57. The van der Waals surface area contributed by atoms with Gasteiger partial charge in [-0.3, -0.25) is 14.4 Å². The lowest BCUT2D eigenvalue weighted by Crippen LogP contribution is -2.56. The van der Waals surface area contributed by atoms with Crippen LogP contribution in [-0.2, 0) is 19.1 Å². The third-order valence-electron chi connectivity index (χ3n) is 8.41. The summed E-state index contributed by atoms with van der Waals surface area (Å²) < 4.78 is 6.90. The Morgan fingerprint density at radius 2 is 1.69 bits per heavy atom. The van der Waals surface area contributed by atoms with Crippen LogP contribution in [0.4, 0.5) is 5.69 Å². The highest BCUT2D eigenvalue weighted by molar-refractivity contribution is 6.06. The van der Waals surface area contributed by atoms with E-state index in [0.717, 1.165) is 16.8 Å². The number of hydrogen-bond acceptors (Lipinski definition) is 5. The Bertz CT molecular complexity index is 1140. The molecule has 4 aliphatic rings. The Kier molecular flexibility index (Phi) is 6.08. The monoisotopic (exact) mass is 493 g/mol. The number of fused-ring (bicyclic) bond motifs is 2. The number of likely N-dealkylation sites (tertiary alicyclic amines) is 1. The predicted octanol–water partition coefficient (Wildman–Crippen LogP) is 1.98. The first kappa shape index (κ1) is 24.7. The molecule has 1 aromatic rings. The van der Waals surface area contributed by atoms with Crippen molar-refractivity contribution in [1.29, 1.82) is 0 Å². The predicted molar refractivity (Wildman–Crippen MR) is 135 cm³/mol. The third-order valence-corrected chi connectivity index (χ3v) is 8.41. The summed E-state index contributed by atoms with van der Waals surface area (Å²) in [6.45, 7) is 6.81. The number of amides is 3. The van der Waals surface area contributed by atoms with Crippen LogP contribution in [0.15, 0.2) is 42.5 Å². The third kappa shape index (κ3) is 3.30. The van der Waals surface area contributed by atoms with E-state index in [2.05, 4.69) is 0 Å². The van der Waals surface area contributed by atoms with Crippen LogP contribution in [0.1, 0.15) is 30.9 Å². The highest BCUT2D eigenvalue weighted by Crippen LogP contribution is 2.58. The quantitative estimate of drug-likeness (QED) is 0.634. The lowest BCUT2D eigenvalue weighted by atomic mass is 9.73. The van der Waals surface area contributed by atoms with Gasteiger partial charge >= 0.3 is 0 Å². The van der Waals surface area contributed by atoms with Gasteiger partial charge in [0.25, 0.3) is 5.91 Å². The Balaban J connectivity index is 1.69. The second kappa shape index (κ2) is 8.85. The van der Waals surface area contributed by atoms with E-state index >= 15 is 0 Å². The maximum Gasteiger partial charge on any atom is 0.253 e. The average Bonchev–Trinajstić information content (AvgIpc) is 3.15. The first-order valence-corrected chi connectivity index (χ1v) is 12.8. The Labute approximate surface area is 212 Å². The van der Waals surface area contributed by atoms with Crippen LogP contribution in [0, 0.1) is 25.7 Å². The Hall–Kier alpha value is -2.97. The van der Waals surface area contributed by atoms with Crippen molar-refractivity contribution in [2.75, 3.05) is 38.2 Å². The van der Waals surface area contributed by atoms with E-state index in [1.165, 1.54) is 0 Å². The normalized spacial score (nSPS) is 33.5. The average molecular weight is 494 g/mol. The molecule has 0 aliphatic carbocycles. The molecule has 1 unspecified atom stereocenters. The van der Waals surface area contributed by atoms with E-state index in [9.17, 15) is 19.5 Å². The van der Waals surface area contributed by atoms with Crippen LogP contribution in [0.25, 0.3) is 0 Å². The number of aryl methyl sites for hydroxylation is 2. The van der Waals surface area contributed by atoms with Gasteiger partial charge < -0.3 is 24.5 Å². The molecule has 0 radical (unpaired) electrons. The van der Waals surface area contributed by atoms with Crippen LogP contribution < -0.4 is 4.90 Å². The molecule has 0 bridgehead atoms.